The van der Waals surface area contributed by atoms with Crippen LogP contribution >= 0.6 is 11.3 Å². The molecule has 4 heteroatoms. The maximum absolute atomic E-state index is 9.85. The highest BCUT2D eigenvalue weighted by Crippen LogP contribution is 2.41. The Labute approximate surface area is 110 Å². The normalized spacial score (nSPS) is 31.2. The van der Waals surface area contributed by atoms with Crippen LogP contribution in [0.1, 0.15) is 25.7 Å². The first-order valence-corrected chi connectivity index (χ1v) is 7.45. The molecule has 1 N–H and O–H groups in total. The number of aromatic nitrogens is 1. The van der Waals surface area contributed by atoms with E-state index in [9.17, 15) is 5.11 Å². The van der Waals surface area contributed by atoms with Crippen molar-refractivity contribution in [2.45, 2.75) is 43.9 Å². The van der Waals surface area contributed by atoms with E-state index >= 15 is 0 Å². The summed E-state index contributed by atoms with van der Waals surface area (Å²) in [6, 6.07) is 9.32. The number of hydrogen-bond donors (Lipinski definition) is 1. The Bertz CT molecular complexity index is 535. The number of thiazole rings is 1. The van der Waals surface area contributed by atoms with Gasteiger partial charge < -0.3 is 10.0 Å². The van der Waals surface area contributed by atoms with Crippen LogP contribution in [0, 0.1) is 0 Å². The molecule has 2 bridgehead atoms. The summed E-state index contributed by atoms with van der Waals surface area (Å²) in [7, 11) is 0. The first-order chi connectivity index (χ1) is 8.81. The highest BCUT2D eigenvalue weighted by Gasteiger charge is 2.41. The van der Waals surface area contributed by atoms with Crippen molar-refractivity contribution in [1.82, 2.24) is 4.98 Å². The van der Waals surface area contributed by atoms with Gasteiger partial charge in [0.05, 0.1) is 16.3 Å². The van der Waals surface area contributed by atoms with Crippen LogP contribution in [0.25, 0.3) is 10.2 Å². The van der Waals surface area contributed by atoms with E-state index in [4.69, 9.17) is 4.98 Å². The summed E-state index contributed by atoms with van der Waals surface area (Å²) >= 11 is 1.79. The fourth-order valence-electron chi connectivity index (χ4n) is 3.43. The number of nitrogens with zero attached hydrogens (tertiary/aromatic N) is 2. The van der Waals surface area contributed by atoms with Gasteiger partial charge in [-0.25, -0.2) is 4.98 Å². The zero-order valence-corrected chi connectivity index (χ0v) is 10.9. The van der Waals surface area contributed by atoms with E-state index in [-0.39, 0.29) is 6.10 Å². The summed E-state index contributed by atoms with van der Waals surface area (Å²) in [4.78, 5) is 7.23. The third-order valence-corrected chi connectivity index (χ3v) is 5.26. The van der Waals surface area contributed by atoms with E-state index in [1.165, 1.54) is 17.5 Å². The van der Waals surface area contributed by atoms with Gasteiger partial charge in [0, 0.05) is 12.1 Å². The molecule has 2 aromatic rings. The second-order valence-electron chi connectivity index (χ2n) is 5.38. The van der Waals surface area contributed by atoms with Crippen LogP contribution in [0.15, 0.2) is 24.3 Å². The molecule has 3 nitrogen and oxygen atoms in total. The number of benzene rings is 1. The number of anilines is 1. The van der Waals surface area contributed by atoms with Gasteiger partial charge in [-0.05, 0) is 37.8 Å². The SMILES string of the molecule is OC1CC2CCC(C1)N2c1nc2ccccc2s1. The lowest BCUT2D eigenvalue weighted by Gasteiger charge is -2.36. The monoisotopic (exact) mass is 260 g/mol. The number of hydrogen-bond acceptors (Lipinski definition) is 4. The molecule has 2 unspecified atom stereocenters. The van der Waals surface area contributed by atoms with Gasteiger partial charge in [0.1, 0.15) is 0 Å². The molecular weight excluding hydrogens is 244 g/mol. The highest BCUT2D eigenvalue weighted by atomic mass is 32.1. The number of para-hydroxylation sites is 1. The largest absolute Gasteiger partial charge is 0.393 e. The molecule has 1 aromatic heterocycles. The Morgan fingerprint density at radius 2 is 1.89 bits per heavy atom. The lowest BCUT2D eigenvalue weighted by atomic mass is 10.0. The Morgan fingerprint density at radius 3 is 2.61 bits per heavy atom. The fourth-order valence-corrected chi connectivity index (χ4v) is 4.54. The van der Waals surface area contributed by atoms with Crippen molar-refractivity contribution in [2.75, 3.05) is 4.90 Å². The third kappa shape index (κ3) is 1.56. The van der Waals surface area contributed by atoms with Crippen LogP contribution in [0.2, 0.25) is 0 Å². The quantitative estimate of drug-likeness (QED) is 0.856. The van der Waals surface area contributed by atoms with Gasteiger partial charge in [-0.2, -0.15) is 0 Å². The molecular formula is C14H16N2OS. The van der Waals surface area contributed by atoms with Crippen LogP contribution in [0.5, 0.6) is 0 Å². The van der Waals surface area contributed by atoms with E-state index in [0.717, 1.165) is 23.5 Å². The highest BCUT2D eigenvalue weighted by molar-refractivity contribution is 7.22. The first-order valence-electron chi connectivity index (χ1n) is 6.63. The molecule has 2 aliphatic rings. The zero-order chi connectivity index (χ0) is 12.1. The van der Waals surface area contributed by atoms with E-state index < -0.39 is 0 Å². The van der Waals surface area contributed by atoms with Crippen molar-refractivity contribution < 1.29 is 5.11 Å². The van der Waals surface area contributed by atoms with Gasteiger partial charge in [0.15, 0.2) is 5.13 Å². The first kappa shape index (κ1) is 10.8. The van der Waals surface area contributed by atoms with E-state index in [1.807, 2.05) is 6.07 Å². The molecule has 1 aromatic carbocycles. The molecule has 3 heterocycles. The van der Waals surface area contributed by atoms with Crippen LogP contribution in [0.3, 0.4) is 0 Å². The lowest BCUT2D eigenvalue weighted by Crippen LogP contribution is -2.44. The Hall–Kier alpha value is -1.13. The molecule has 0 saturated carbocycles. The van der Waals surface area contributed by atoms with Crippen LogP contribution in [-0.4, -0.2) is 28.3 Å². The van der Waals surface area contributed by atoms with E-state index in [2.05, 4.69) is 23.1 Å². The average Bonchev–Trinajstić information content (AvgIpc) is 2.88. The molecule has 2 aliphatic heterocycles. The van der Waals surface area contributed by atoms with Crippen LogP contribution < -0.4 is 4.90 Å². The summed E-state index contributed by atoms with van der Waals surface area (Å²) in [6.45, 7) is 0. The topological polar surface area (TPSA) is 36.4 Å². The van der Waals surface area contributed by atoms with E-state index in [0.29, 0.717) is 12.1 Å². The second kappa shape index (κ2) is 3.93. The van der Waals surface area contributed by atoms with Gasteiger partial charge in [0.2, 0.25) is 0 Å². The predicted octanol–water partition coefficient (Wildman–Crippen LogP) is 2.79. The minimum atomic E-state index is -0.104. The molecule has 2 fully saturated rings. The van der Waals surface area contributed by atoms with Crippen molar-refractivity contribution in [1.29, 1.82) is 0 Å². The third-order valence-electron chi connectivity index (χ3n) is 4.21. The summed E-state index contributed by atoms with van der Waals surface area (Å²) in [5, 5.41) is 11.0. The molecule has 0 radical (unpaired) electrons. The molecule has 0 spiro atoms. The van der Waals surface area contributed by atoms with Gasteiger partial charge in [0.25, 0.3) is 0 Å². The Balaban J connectivity index is 1.74. The van der Waals surface area contributed by atoms with Crippen LogP contribution in [-0.2, 0) is 0 Å². The van der Waals surface area contributed by atoms with Gasteiger partial charge in [-0.3, -0.25) is 0 Å². The van der Waals surface area contributed by atoms with Gasteiger partial charge >= 0.3 is 0 Å². The van der Waals surface area contributed by atoms with Gasteiger partial charge in [-0.15, -0.1) is 0 Å². The zero-order valence-electron chi connectivity index (χ0n) is 10.1. The Morgan fingerprint density at radius 1 is 1.17 bits per heavy atom. The maximum Gasteiger partial charge on any atom is 0.186 e. The van der Waals surface area contributed by atoms with Crippen molar-refractivity contribution in [3.8, 4) is 0 Å². The van der Waals surface area contributed by atoms with Crippen LogP contribution in [0.4, 0.5) is 5.13 Å². The number of fused-ring (bicyclic) bond motifs is 3. The average molecular weight is 260 g/mol. The molecule has 4 rings (SSSR count). The molecule has 2 atom stereocenters. The lowest BCUT2D eigenvalue weighted by molar-refractivity contribution is 0.126. The van der Waals surface area contributed by atoms with Crippen molar-refractivity contribution in [2.24, 2.45) is 0 Å². The van der Waals surface area contributed by atoms with Crippen molar-refractivity contribution in [3.63, 3.8) is 0 Å². The number of aliphatic hydroxyl groups is 1. The number of rotatable bonds is 1. The molecule has 0 aliphatic carbocycles. The summed E-state index contributed by atoms with van der Waals surface area (Å²) in [5.74, 6) is 0. The van der Waals surface area contributed by atoms with E-state index in [1.54, 1.807) is 11.3 Å². The minimum absolute atomic E-state index is 0.104. The standard InChI is InChI=1S/C14H16N2OS/c17-11-7-9-5-6-10(8-11)16(9)14-15-12-3-1-2-4-13(12)18-14/h1-4,9-11,17H,5-8H2. The fraction of sp³-hybridized carbons (Fsp3) is 0.500. The molecule has 94 valence electrons. The van der Waals surface area contributed by atoms with Crippen molar-refractivity contribution in [3.05, 3.63) is 24.3 Å². The van der Waals surface area contributed by atoms with Gasteiger partial charge in [-0.1, -0.05) is 23.5 Å². The maximum atomic E-state index is 9.85. The second-order valence-corrected chi connectivity index (χ2v) is 6.39. The predicted molar refractivity (Wildman–Crippen MR) is 74.1 cm³/mol. The van der Waals surface area contributed by atoms with Crippen molar-refractivity contribution >= 4 is 26.7 Å². The molecule has 2 saturated heterocycles. The number of piperidine rings is 1. The smallest absolute Gasteiger partial charge is 0.186 e. The minimum Gasteiger partial charge on any atom is -0.393 e. The summed E-state index contributed by atoms with van der Waals surface area (Å²) in [5.41, 5.74) is 1.10. The Kier molecular flexibility index (Phi) is 2.35. The molecule has 18 heavy (non-hydrogen) atoms. The number of aliphatic hydroxyl groups excluding tert-OH is 1. The summed E-state index contributed by atoms with van der Waals surface area (Å²) < 4.78 is 1.26. The summed E-state index contributed by atoms with van der Waals surface area (Å²) in [6.07, 6.45) is 4.13. The molecule has 0 amide bonds.